The highest BCUT2D eigenvalue weighted by Crippen LogP contribution is 2.27. The van der Waals surface area contributed by atoms with E-state index in [1.165, 1.54) is 11.0 Å². The summed E-state index contributed by atoms with van der Waals surface area (Å²) < 4.78 is 48.1. The zero-order valence-corrected chi connectivity index (χ0v) is 12.5. The maximum Gasteiger partial charge on any atom is 0.387 e. The number of benzene rings is 1. The zero-order valence-electron chi connectivity index (χ0n) is 12.5. The van der Waals surface area contributed by atoms with E-state index in [2.05, 4.69) is 9.64 Å². The van der Waals surface area contributed by atoms with E-state index in [1.54, 1.807) is 0 Å². The normalized spacial score (nSPS) is 24.8. The van der Waals surface area contributed by atoms with Crippen LogP contribution >= 0.6 is 0 Å². The minimum Gasteiger partial charge on any atom is -0.434 e. The van der Waals surface area contributed by atoms with Crippen LogP contribution in [0.15, 0.2) is 18.2 Å². The van der Waals surface area contributed by atoms with E-state index < -0.39 is 24.1 Å². The molecule has 3 rings (SSSR count). The van der Waals surface area contributed by atoms with Crippen LogP contribution in [0.25, 0.3) is 0 Å². The van der Waals surface area contributed by atoms with Gasteiger partial charge in [-0.1, -0.05) is 0 Å². The molecule has 2 saturated heterocycles. The second-order valence-corrected chi connectivity index (χ2v) is 5.69. The maximum absolute atomic E-state index is 13.3. The zero-order chi connectivity index (χ0) is 16.6. The first kappa shape index (κ1) is 16.1. The third-order valence-electron chi connectivity index (χ3n) is 4.26. The van der Waals surface area contributed by atoms with Crippen molar-refractivity contribution in [2.45, 2.75) is 18.8 Å². The Balaban J connectivity index is 1.81. The first-order valence-corrected chi connectivity index (χ1v) is 7.31. The topological polar surface area (TPSA) is 42.0 Å². The number of nitrogens with zero attached hydrogens (tertiary/aromatic N) is 2. The van der Waals surface area contributed by atoms with E-state index in [9.17, 15) is 18.0 Å². The van der Waals surface area contributed by atoms with E-state index >= 15 is 0 Å². The Hall–Kier alpha value is -1.80. The van der Waals surface area contributed by atoms with Gasteiger partial charge in [0.2, 0.25) is 0 Å². The summed E-state index contributed by atoms with van der Waals surface area (Å²) in [6.45, 7) is -0.945. The summed E-state index contributed by atoms with van der Waals surface area (Å²) in [5, 5.41) is 0. The molecule has 2 atom stereocenters. The first-order chi connectivity index (χ1) is 11.0. The number of amides is 1. The summed E-state index contributed by atoms with van der Waals surface area (Å²) in [6.07, 6.45) is -0.0994. The fraction of sp³-hybridized carbons (Fsp3) is 0.533. The molecule has 1 amide bonds. The van der Waals surface area contributed by atoms with Crippen molar-refractivity contribution in [3.05, 3.63) is 29.6 Å². The lowest BCUT2D eigenvalue weighted by Crippen LogP contribution is -2.48. The van der Waals surface area contributed by atoms with Gasteiger partial charge in [-0.15, -0.1) is 0 Å². The molecule has 2 heterocycles. The van der Waals surface area contributed by atoms with Gasteiger partial charge in [-0.25, -0.2) is 4.39 Å². The number of alkyl halides is 2. The second kappa shape index (κ2) is 6.37. The summed E-state index contributed by atoms with van der Waals surface area (Å²) in [5.41, 5.74) is -0.0759. The van der Waals surface area contributed by atoms with Crippen molar-refractivity contribution in [1.29, 1.82) is 0 Å². The molecule has 0 bridgehead atoms. The molecule has 0 spiro atoms. The number of likely N-dealkylation sites (tertiary alicyclic amines) is 1. The van der Waals surface area contributed by atoms with Gasteiger partial charge in [0.15, 0.2) is 0 Å². The SMILES string of the molecule is CN1CCO[C@@H]2CN(C(=O)c3ccc(F)cc3OC(F)F)C[C@@H]21. The number of hydrogen-bond donors (Lipinski definition) is 0. The molecule has 0 aliphatic carbocycles. The molecule has 2 aliphatic heterocycles. The molecule has 1 aromatic rings. The molecule has 1 aromatic carbocycles. The highest BCUT2D eigenvalue weighted by atomic mass is 19.3. The van der Waals surface area contributed by atoms with Crippen molar-refractivity contribution in [1.82, 2.24) is 9.80 Å². The lowest BCUT2D eigenvalue weighted by molar-refractivity contribution is -0.0504. The highest BCUT2D eigenvalue weighted by Gasteiger charge is 2.41. The minimum absolute atomic E-state index is 0.0759. The van der Waals surface area contributed by atoms with Crippen molar-refractivity contribution in [2.24, 2.45) is 0 Å². The molecule has 0 radical (unpaired) electrons. The van der Waals surface area contributed by atoms with Crippen LogP contribution in [-0.2, 0) is 4.74 Å². The van der Waals surface area contributed by atoms with Crippen LogP contribution < -0.4 is 4.74 Å². The van der Waals surface area contributed by atoms with Crippen molar-refractivity contribution < 1.29 is 27.4 Å². The number of ether oxygens (including phenoxy) is 2. The standard InChI is InChI=1S/C15H17F3N2O3/c1-19-4-5-22-13-8-20(7-11(13)19)14(21)10-3-2-9(16)6-12(10)23-15(17)18/h2-3,6,11,13,15H,4-5,7-8H2,1H3/t11-,13+/m0/s1. The van der Waals surface area contributed by atoms with Crippen LogP contribution in [0.3, 0.4) is 0 Å². The molecule has 2 aliphatic rings. The molecule has 0 saturated carbocycles. The van der Waals surface area contributed by atoms with E-state index in [4.69, 9.17) is 4.74 Å². The number of halogens is 3. The van der Waals surface area contributed by atoms with Gasteiger partial charge >= 0.3 is 6.61 Å². The van der Waals surface area contributed by atoms with Crippen molar-refractivity contribution in [3.8, 4) is 5.75 Å². The quantitative estimate of drug-likeness (QED) is 0.844. The molecular weight excluding hydrogens is 313 g/mol. The van der Waals surface area contributed by atoms with Gasteiger partial charge in [0.05, 0.1) is 24.3 Å². The molecule has 8 heteroatoms. The summed E-state index contributed by atoms with van der Waals surface area (Å²) in [4.78, 5) is 16.3. The van der Waals surface area contributed by atoms with Crippen LogP contribution in [0.1, 0.15) is 10.4 Å². The van der Waals surface area contributed by atoms with Crippen molar-refractivity contribution >= 4 is 5.91 Å². The van der Waals surface area contributed by atoms with Crippen LogP contribution in [0.5, 0.6) is 5.75 Å². The van der Waals surface area contributed by atoms with E-state index in [0.29, 0.717) is 19.7 Å². The number of morpholine rings is 1. The van der Waals surface area contributed by atoms with E-state index in [1.807, 2.05) is 7.05 Å². The highest BCUT2D eigenvalue weighted by molar-refractivity contribution is 5.97. The van der Waals surface area contributed by atoms with E-state index in [-0.39, 0.29) is 17.7 Å². The maximum atomic E-state index is 13.3. The Morgan fingerprint density at radius 2 is 2.17 bits per heavy atom. The number of likely N-dealkylation sites (N-methyl/N-ethyl adjacent to an activating group) is 1. The Kier molecular flexibility index (Phi) is 4.45. The Bertz CT molecular complexity index is 599. The second-order valence-electron chi connectivity index (χ2n) is 5.69. The Morgan fingerprint density at radius 1 is 1.39 bits per heavy atom. The third-order valence-corrected chi connectivity index (χ3v) is 4.26. The largest absolute Gasteiger partial charge is 0.434 e. The first-order valence-electron chi connectivity index (χ1n) is 7.31. The molecule has 0 N–H and O–H groups in total. The average molecular weight is 330 g/mol. The van der Waals surface area contributed by atoms with Gasteiger partial charge in [0.25, 0.3) is 5.91 Å². The summed E-state index contributed by atoms with van der Waals surface area (Å²) >= 11 is 0. The van der Waals surface area contributed by atoms with Gasteiger partial charge in [-0.05, 0) is 19.2 Å². The number of fused-ring (bicyclic) bond motifs is 1. The predicted molar refractivity (Wildman–Crippen MR) is 75.1 cm³/mol. The number of hydrogen-bond acceptors (Lipinski definition) is 4. The summed E-state index contributed by atoms with van der Waals surface area (Å²) in [7, 11) is 1.96. The molecule has 126 valence electrons. The van der Waals surface area contributed by atoms with Crippen LogP contribution in [0.2, 0.25) is 0 Å². The van der Waals surface area contributed by atoms with Gasteiger partial charge in [-0.3, -0.25) is 9.69 Å². The van der Waals surface area contributed by atoms with Crippen molar-refractivity contribution in [2.75, 3.05) is 33.3 Å². The average Bonchev–Trinajstić information content (AvgIpc) is 2.92. The molecule has 5 nitrogen and oxygen atoms in total. The van der Waals surface area contributed by atoms with E-state index in [0.717, 1.165) is 18.7 Å². The fourth-order valence-electron chi connectivity index (χ4n) is 3.06. The Morgan fingerprint density at radius 3 is 2.87 bits per heavy atom. The molecule has 0 unspecified atom stereocenters. The van der Waals surface area contributed by atoms with Gasteiger partial charge in [0.1, 0.15) is 11.6 Å². The lowest BCUT2D eigenvalue weighted by Gasteiger charge is -2.33. The minimum atomic E-state index is -3.13. The summed E-state index contributed by atoms with van der Waals surface area (Å²) in [5.74, 6) is -1.66. The predicted octanol–water partition coefficient (Wildman–Crippen LogP) is 1.58. The van der Waals surface area contributed by atoms with Gasteiger partial charge < -0.3 is 14.4 Å². The number of rotatable bonds is 3. The van der Waals surface area contributed by atoms with Crippen LogP contribution in [-0.4, -0.2) is 67.8 Å². The third kappa shape index (κ3) is 3.28. The molecule has 2 fully saturated rings. The van der Waals surface area contributed by atoms with Gasteiger partial charge in [-0.2, -0.15) is 8.78 Å². The fourth-order valence-corrected chi connectivity index (χ4v) is 3.06. The van der Waals surface area contributed by atoms with Crippen molar-refractivity contribution in [3.63, 3.8) is 0 Å². The Labute approximate surface area is 131 Å². The molecule has 0 aromatic heterocycles. The summed E-state index contributed by atoms with van der Waals surface area (Å²) in [6, 6.07) is 3.09. The van der Waals surface area contributed by atoms with Gasteiger partial charge in [0, 0.05) is 25.7 Å². The van der Waals surface area contributed by atoms with Crippen LogP contribution in [0.4, 0.5) is 13.2 Å². The lowest BCUT2D eigenvalue weighted by atomic mass is 10.1. The molecule has 23 heavy (non-hydrogen) atoms. The number of carbonyl (C=O) groups excluding carboxylic acids is 1. The molecular formula is C15H17F3N2O3. The number of carbonyl (C=O) groups is 1. The smallest absolute Gasteiger partial charge is 0.387 e. The van der Waals surface area contributed by atoms with Crippen LogP contribution in [0, 0.1) is 5.82 Å². The monoisotopic (exact) mass is 330 g/mol.